The highest BCUT2D eigenvalue weighted by Crippen LogP contribution is 2.32. The first-order valence-corrected chi connectivity index (χ1v) is 9.08. The molecule has 0 fully saturated rings. The van der Waals surface area contributed by atoms with Crippen LogP contribution in [0.3, 0.4) is 0 Å². The molecule has 1 aliphatic rings. The lowest BCUT2D eigenvalue weighted by molar-refractivity contribution is -0.120. The van der Waals surface area contributed by atoms with E-state index in [-0.39, 0.29) is 19.1 Å². The molecule has 0 atom stereocenters. The van der Waals surface area contributed by atoms with E-state index in [4.69, 9.17) is 9.47 Å². The lowest BCUT2D eigenvalue weighted by atomic mass is 10.1. The van der Waals surface area contributed by atoms with Crippen molar-refractivity contribution in [3.05, 3.63) is 65.9 Å². The van der Waals surface area contributed by atoms with Crippen LogP contribution in [-0.2, 0) is 17.6 Å². The van der Waals surface area contributed by atoms with Gasteiger partial charge in [-0.25, -0.2) is 9.97 Å². The lowest BCUT2D eigenvalue weighted by Crippen LogP contribution is -2.27. The minimum Gasteiger partial charge on any atom is -0.454 e. The van der Waals surface area contributed by atoms with Crippen molar-refractivity contribution in [2.24, 2.45) is 0 Å². The van der Waals surface area contributed by atoms with Crippen LogP contribution in [0.15, 0.2) is 48.8 Å². The molecule has 4 rings (SSSR count). The van der Waals surface area contributed by atoms with Crippen LogP contribution >= 0.6 is 0 Å². The highest BCUT2D eigenvalue weighted by molar-refractivity contribution is 5.78. The number of amides is 1. The van der Waals surface area contributed by atoms with Gasteiger partial charge in [-0.1, -0.05) is 12.1 Å². The number of nitrogens with one attached hydrogen (secondary N) is 1. The van der Waals surface area contributed by atoms with Gasteiger partial charge in [0.05, 0.1) is 17.8 Å². The largest absolute Gasteiger partial charge is 0.454 e. The number of ether oxygens (including phenoxy) is 2. The van der Waals surface area contributed by atoms with Crippen molar-refractivity contribution in [1.82, 2.24) is 20.3 Å². The van der Waals surface area contributed by atoms with E-state index in [9.17, 15) is 4.79 Å². The molecule has 3 heterocycles. The highest BCUT2D eigenvalue weighted by Gasteiger charge is 2.15. The smallest absolute Gasteiger partial charge is 0.231 e. The minimum absolute atomic E-state index is 0.0518. The Balaban J connectivity index is 1.37. The second kappa shape index (κ2) is 8.04. The van der Waals surface area contributed by atoms with E-state index in [0.717, 1.165) is 22.5 Å². The van der Waals surface area contributed by atoms with Gasteiger partial charge in [0.2, 0.25) is 12.7 Å². The summed E-state index contributed by atoms with van der Waals surface area (Å²) in [4.78, 5) is 25.5. The van der Waals surface area contributed by atoms with Gasteiger partial charge in [0.25, 0.3) is 0 Å². The Labute approximate surface area is 162 Å². The van der Waals surface area contributed by atoms with Gasteiger partial charge in [0, 0.05) is 30.9 Å². The molecule has 0 saturated carbocycles. The number of hydrogen-bond donors (Lipinski definition) is 1. The summed E-state index contributed by atoms with van der Waals surface area (Å²) in [6.07, 6.45) is 4.41. The van der Waals surface area contributed by atoms with Crippen molar-refractivity contribution in [2.45, 2.75) is 19.8 Å². The molecule has 1 aliphatic heterocycles. The SMILES string of the molecule is Cc1ncc(-c2ccccn2)c(CCNC(=O)Cc2ccc3c(c2)OCO3)n1. The summed E-state index contributed by atoms with van der Waals surface area (Å²) in [6, 6.07) is 11.3. The van der Waals surface area contributed by atoms with Crippen LogP contribution < -0.4 is 14.8 Å². The lowest BCUT2D eigenvalue weighted by Gasteiger charge is -2.10. The monoisotopic (exact) mass is 376 g/mol. The Kier molecular flexibility index (Phi) is 5.14. The molecule has 0 bridgehead atoms. The molecule has 3 aromatic rings. The average Bonchev–Trinajstić information content (AvgIpc) is 3.17. The van der Waals surface area contributed by atoms with Gasteiger partial charge >= 0.3 is 0 Å². The molecule has 0 unspecified atom stereocenters. The molecule has 0 radical (unpaired) electrons. The first-order valence-electron chi connectivity index (χ1n) is 9.08. The van der Waals surface area contributed by atoms with Crippen LogP contribution in [0.25, 0.3) is 11.3 Å². The molecule has 2 aromatic heterocycles. The Morgan fingerprint density at radius 3 is 2.89 bits per heavy atom. The molecular weight excluding hydrogens is 356 g/mol. The summed E-state index contributed by atoms with van der Waals surface area (Å²) in [6.45, 7) is 2.56. The average molecular weight is 376 g/mol. The number of pyridine rings is 1. The molecule has 7 heteroatoms. The third kappa shape index (κ3) is 4.09. The summed E-state index contributed by atoms with van der Waals surface area (Å²) < 4.78 is 10.6. The van der Waals surface area contributed by atoms with Crippen molar-refractivity contribution < 1.29 is 14.3 Å². The molecular formula is C21H20N4O3. The zero-order chi connectivity index (χ0) is 19.3. The molecule has 7 nitrogen and oxygen atoms in total. The van der Waals surface area contributed by atoms with E-state index >= 15 is 0 Å². The molecule has 1 N–H and O–H groups in total. The molecule has 1 aromatic carbocycles. The van der Waals surface area contributed by atoms with Crippen LogP contribution in [-0.4, -0.2) is 34.2 Å². The number of carbonyl (C=O) groups is 1. The Morgan fingerprint density at radius 2 is 2.04 bits per heavy atom. The van der Waals surface area contributed by atoms with Crippen LogP contribution in [0.4, 0.5) is 0 Å². The Hall–Kier alpha value is -3.48. The maximum atomic E-state index is 12.3. The number of aryl methyl sites for hydroxylation is 1. The van der Waals surface area contributed by atoms with E-state index < -0.39 is 0 Å². The van der Waals surface area contributed by atoms with E-state index in [1.54, 1.807) is 12.4 Å². The van der Waals surface area contributed by atoms with E-state index in [1.807, 2.05) is 43.3 Å². The second-order valence-electron chi connectivity index (χ2n) is 6.46. The number of hydrogen-bond acceptors (Lipinski definition) is 6. The quantitative estimate of drug-likeness (QED) is 0.711. The van der Waals surface area contributed by atoms with Gasteiger partial charge in [-0.05, 0) is 36.8 Å². The number of carbonyl (C=O) groups excluding carboxylic acids is 1. The first-order chi connectivity index (χ1) is 13.7. The summed E-state index contributed by atoms with van der Waals surface area (Å²) in [5.41, 5.74) is 3.46. The number of fused-ring (bicyclic) bond motifs is 1. The maximum Gasteiger partial charge on any atom is 0.231 e. The van der Waals surface area contributed by atoms with E-state index in [0.29, 0.717) is 30.3 Å². The van der Waals surface area contributed by atoms with Crippen molar-refractivity contribution in [1.29, 1.82) is 0 Å². The number of rotatable bonds is 6. The van der Waals surface area contributed by atoms with Crippen molar-refractivity contribution in [3.8, 4) is 22.8 Å². The van der Waals surface area contributed by atoms with Crippen LogP contribution in [0.1, 0.15) is 17.1 Å². The summed E-state index contributed by atoms with van der Waals surface area (Å²) in [5, 5.41) is 2.95. The number of aromatic nitrogens is 3. The Bertz CT molecular complexity index is 992. The molecule has 0 spiro atoms. The van der Waals surface area contributed by atoms with Gasteiger partial charge < -0.3 is 14.8 Å². The predicted molar refractivity (Wildman–Crippen MR) is 103 cm³/mol. The number of benzene rings is 1. The summed E-state index contributed by atoms with van der Waals surface area (Å²) in [7, 11) is 0. The van der Waals surface area contributed by atoms with Gasteiger partial charge in [-0.2, -0.15) is 0 Å². The number of nitrogens with zero attached hydrogens (tertiary/aromatic N) is 3. The fraction of sp³-hybridized carbons (Fsp3) is 0.238. The topological polar surface area (TPSA) is 86.2 Å². The molecule has 142 valence electrons. The second-order valence-corrected chi connectivity index (χ2v) is 6.46. The molecule has 1 amide bonds. The first kappa shape index (κ1) is 17.9. The molecule has 0 saturated heterocycles. The fourth-order valence-corrected chi connectivity index (χ4v) is 3.06. The van der Waals surface area contributed by atoms with Gasteiger partial charge in [0.15, 0.2) is 11.5 Å². The molecule has 0 aliphatic carbocycles. The molecule has 28 heavy (non-hydrogen) atoms. The van der Waals surface area contributed by atoms with Gasteiger partial charge in [0.1, 0.15) is 5.82 Å². The predicted octanol–water partition coefficient (Wildman–Crippen LogP) is 2.48. The summed E-state index contributed by atoms with van der Waals surface area (Å²) in [5.74, 6) is 2.04. The van der Waals surface area contributed by atoms with Gasteiger partial charge in [-0.3, -0.25) is 9.78 Å². The summed E-state index contributed by atoms with van der Waals surface area (Å²) >= 11 is 0. The third-order valence-electron chi connectivity index (χ3n) is 4.41. The zero-order valence-electron chi connectivity index (χ0n) is 15.5. The van der Waals surface area contributed by atoms with Crippen LogP contribution in [0, 0.1) is 6.92 Å². The van der Waals surface area contributed by atoms with E-state index in [2.05, 4.69) is 20.3 Å². The van der Waals surface area contributed by atoms with Crippen molar-refractivity contribution in [3.63, 3.8) is 0 Å². The Morgan fingerprint density at radius 1 is 1.14 bits per heavy atom. The zero-order valence-corrected chi connectivity index (χ0v) is 15.5. The standard InChI is InChI=1S/C21H20N4O3/c1-14-24-12-16(17-4-2-3-8-22-17)18(25-14)7-9-23-21(26)11-15-5-6-19-20(10-15)28-13-27-19/h2-6,8,10,12H,7,9,11,13H2,1H3,(H,23,26). The maximum absolute atomic E-state index is 12.3. The van der Waals surface area contributed by atoms with Gasteiger partial charge in [-0.15, -0.1) is 0 Å². The fourth-order valence-electron chi connectivity index (χ4n) is 3.06. The van der Waals surface area contributed by atoms with Crippen molar-refractivity contribution in [2.75, 3.05) is 13.3 Å². The van der Waals surface area contributed by atoms with E-state index in [1.165, 1.54) is 0 Å². The van der Waals surface area contributed by atoms with Crippen LogP contribution in [0.2, 0.25) is 0 Å². The van der Waals surface area contributed by atoms with Crippen molar-refractivity contribution >= 4 is 5.91 Å². The normalized spacial score (nSPS) is 12.0. The minimum atomic E-state index is -0.0518. The third-order valence-corrected chi connectivity index (χ3v) is 4.41. The highest BCUT2D eigenvalue weighted by atomic mass is 16.7. The van der Waals surface area contributed by atoms with Crippen LogP contribution in [0.5, 0.6) is 11.5 Å².